The van der Waals surface area contributed by atoms with E-state index in [0.717, 1.165) is 0 Å². The smallest absolute Gasteiger partial charge is 0.387 e. The lowest BCUT2D eigenvalue weighted by molar-refractivity contribution is -0.0498. The molecular weight excluding hydrogens is 440 g/mol. The van der Waals surface area contributed by atoms with E-state index in [-0.39, 0.29) is 17.4 Å². The first-order chi connectivity index (χ1) is 15.0. The van der Waals surface area contributed by atoms with Crippen molar-refractivity contribution in [2.75, 3.05) is 0 Å². The van der Waals surface area contributed by atoms with Gasteiger partial charge in [0.1, 0.15) is 5.75 Å². The van der Waals surface area contributed by atoms with Crippen LogP contribution in [-0.4, -0.2) is 23.1 Å². The maximum absolute atomic E-state index is 13.9. The lowest BCUT2D eigenvalue weighted by Gasteiger charge is -2.16. The van der Waals surface area contributed by atoms with E-state index in [1.807, 2.05) is 0 Å². The highest BCUT2D eigenvalue weighted by molar-refractivity contribution is 6.01. The first-order valence-electron chi connectivity index (χ1n) is 9.29. The standard InChI is InChI=1S/C22H17F6NO3/c1-10-8-15(11(2)29(10)13-4-6-14(7-5-13)32-22(27)28)20(30)12(3)31-21-18(25)16(23)9-17(24)19(21)26/h4-9,12,22H,1-3H3/t12-/m0/s1. The summed E-state index contributed by atoms with van der Waals surface area (Å²) < 4.78 is 90.1. The third-order valence-electron chi connectivity index (χ3n) is 4.75. The topological polar surface area (TPSA) is 40.5 Å². The molecule has 0 bridgehead atoms. The highest BCUT2D eigenvalue weighted by atomic mass is 19.3. The van der Waals surface area contributed by atoms with Crippen molar-refractivity contribution in [3.8, 4) is 17.2 Å². The van der Waals surface area contributed by atoms with Crippen LogP contribution in [0.25, 0.3) is 5.69 Å². The van der Waals surface area contributed by atoms with E-state index in [9.17, 15) is 31.1 Å². The molecule has 0 N–H and O–H groups in total. The fourth-order valence-electron chi connectivity index (χ4n) is 3.29. The van der Waals surface area contributed by atoms with Crippen molar-refractivity contribution >= 4 is 5.78 Å². The van der Waals surface area contributed by atoms with Crippen LogP contribution in [0.5, 0.6) is 11.5 Å². The number of carbonyl (C=O) groups excluding carboxylic acids is 1. The molecule has 0 unspecified atom stereocenters. The van der Waals surface area contributed by atoms with Crippen LogP contribution in [0.3, 0.4) is 0 Å². The van der Waals surface area contributed by atoms with E-state index in [4.69, 9.17) is 4.74 Å². The number of ether oxygens (including phenoxy) is 2. The summed E-state index contributed by atoms with van der Waals surface area (Å²) in [4.78, 5) is 12.9. The van der Waals surface area contributed by atoms with Gasteiger partial charge in [-0.1, -0.05) is 0 Å². The number of nitrogens with zero attached hydrogens (tertiary/aromatic N) is 1. The summed E-state index contributed by atoms with van der Waals surface area (Å²) in [5, 5.41) is 0. The first-order valence-corrected chi connectivity index (χ1v) is 9.29. The molecule has 0 fully saturated rings. The van der Waals surface area contributed by atoms with Crippen LogP contribution in [0, 0.1) is 37.1 Å². The van der Waals surface area contributed by atoms with Crippen LogP contribution in [0.4, 0.5) is 26.3 Å². The van der Waals surface area contributed by atoms with E-state index in [0.29, 0.717) is 17.1 Å². The SMILES string of the molecule is Cc1cc(C(=O)[C@H](C)Oc2c(F)c(F)cc(F)c2F)c(C)n1-c1ccc(OC(F)F)cc1. The van der Waals surface area contributed by atoms with Gasteiger partial charge < -0.3 is 14.0 Å². The van der Waals surface area contributed by atoms with Crippen LogP contribution < -0.4 is 9.47 Å². The average molecular weight is 457 g/mol. The van der Waals surface area contributed by atoms with Crippen molar-refractivity contribution in [3.63, 3.8) is 0 Å². The van der Waals surface area contributed by atoms with E-state index in [1.54, 1.807) is 18.4 Å². The normalized spacial score (nSPS) is 12.2. The Morgan fingerprint density at radius 1 is 0.906 bits per heavy atom. The van der Waals surface area contributed by atoms with Crippen LogP contribution >= 0.6 is 0 Å². The van der Waals surface area contributed by atoms with E-state index in [1.165, 1.54) is 37.3 Å². The Balaban J connectivity index is 1.89. The number of aromatic nitrogens is 1. The number of alkyl halides is 2. The third-order valence-corrected chi connectivity index (χ3v) is 4.75. The Morgan fingerprint density at radius 2 is 1.47 bits per heavy atom. The van der Waals surface area contributed by atoms with Gasteiger partial charge >= 0.3 is 6.61 Å². The molecule has 0 aliphatic rings. The van der Waals surface area contributed by atoms with E-state index < -0.39 is 47.5 Å². The number of carbonyl (C=O) groups is 1. The van der Waals surface area contributed by atoms with Crippen molar-refractivity contribution in [2.24, 2.45) is 0 Å². The summed E-state index contributed by atoms with van der Waals surface area (Å²) in [7, 11) is 0. The Kier molecular flexibility index (Phi) is 6.52. The van der Waals surface area contributed by atoms with Crippen molar-refractivity contribution in [2.45, 2.75) is 33.5 Å². The Bertz CT molecular complexity index is 1130. The van der Waals surface area contributed by atoms with Gasteiger partial charge in [-0.2, -0.15) is 17.6 Å². The fourth-order valence-corrected chi connectivity index (χ4v) is 3.29. The Hall–Kier alpha value is -3.43. The van der Waals surface area contributed by atoms with Crippen LogP contribution in [0.2, 0.25) is 0 Å². The molecule has 0 saturated heterocycles. The summed E-state index contributed by atoms with van der Waals surface area (Å²) in [6.45, 7) is 1.50. The molecule has 0 radical (unpaired) electrons. The molecule has 32 heavy (non-hydrogen) atoms. The minimum absolute atomic E-state index is 0.0370. The zero-order valence-electron chi connectivity index (χ0n) is 17.1. The average Bonchev–Trinajstić information content (AvgIpc) is 3.03. The van der Waals surface area contributed by atoms with Crippen molar-refractivity contribution in [1.29, 1.82) is 0 Å². The fraction of sp³-hybridized carbons (Fsp3) is 0.227. The highest BCUT2D eigenvalue weighted by Gasteiger charge is 2.27. The van der Waals surface area contributed by atoms with Gasteiger partial charge in [0.2, 0.25) is 17.4 Å². The Labute approximate surface area is 179 Å². The number of Topliss-reactive ketones (excluding diaryl/α,β-unsaturated/α-hetero) is 1. The number of aryl methyl sites for hydroxylation is 1. The zero-order valence-corrected chi connectivity index (χ0v) is 17.1. The second kappa shape index (κ2) is 8.97. The molecule has 0 spiro atoms. The van der Waals surface area contributed by atoms with Gasteiger partial charge in [-0.25, -0.2) is 8.78 Å². The van der Waals surface area contributed by atoms with Crippen molar-refractivity contribution in [1.82, 2.24) is 4.57 Å². The summed E-state index contributed by atoms with van der Waals surface area (Å²) in [5.74, 6) is -8.87. The quantitative estimate of drug-likeness (QED) is 0.252. The van der Waals surface area contributed by atoms with Gasteiger partial charge in [0.25, 0.3) is 0 Å². The number of hydrogen-bond acceptors (Lipinski definition) is 3. The molecule has 170 valence electrons. The van der Waals surface area contributed by atoms with E-state index >= 15 is 0 Å². The third kappa shape index (κ3) is 4.44. The number of halogens is 6. The molecule has 3 aromatic rings. The molecule has 1 aromatic heterocycles. The largest absolute Gasteiger partial charge is 0.476 e. The minimum Gasteiger partial charge on any atom is -0.476 e. The lowest BCUT2D eigenvalue weighted by atomic mass is 10.1. The maximum Gasteiger partial charge on any atom is 0.387 e. The van der Waals surface area contributed by atoms with Crippen molar-refractivity contribution < 1.29 is 40.6 Å². The number of hydrogen-bond donors (Lipinski definition) is 0. The van der Waals surface area contributed by atoms with Crippen LogP contribution in [0.15, 0.2) is 36.4 Å². The van der Waals surface area contributed by atoms with Gasteiger partial charge in [-0.05, 0) is 51.1 Å². The molecule has 4 nitrogen and oxygen atoms in total. The van der Waals surface area contributed by atoms with E-state index in [2.05, 4.69) is 4.74 Å². The first kappa shape index (κ1) is 23.2. The highest BCUT2D eigenvalue weighted by Crippen LogP contribution is 2.29. The number of rotatable bonds is 7. The zero-order chi connectivity index (χ0) is 23.7. The lowest BCUT2D eigenvalue weighted by Crippen LogP contribution is -2.25. The molecule has 0 aliphatic carbocycles. The molecule has 10 heteroatoms. The van der Waals surface area contributed by atoms with Crippen molar-refractivity contribution in [3.05, 3.63) is 76.6 Å². The number of ketones is 1. The second-order valence-electron chi connectivity index (χ2n) is 6.91. The molecule has 0 amide bonds. The van der Waals surface area contributed by atoms with Gasteiger partial charge in [-0.15, -0.1) is 0 Å². The minimum atomic E-state index is -2.97. The van der Waals surface area contributed by atoms with Crippen LogP contribution in [0.1, 0.15) is 28.7 Å². The molecule has 1 heterocycles. The van der Waals surface area contributed by atoms with Crippen LogP contribution in [-0.2, 0) is 0 Å². The summed E-state index contributed by atoms with van der Waals surface area (Å²) in [5.41, 5.74) is 1.70. The predicted molar refractivity (Wildman–Crippen MR) is 103 cm³/mol. The molecule has 3 rings (SSSR count). The molecule has 2 aromatic carbocycles. The molecule has 1 atom stereocenters. The maximum atomic E-state index is 13.9. The molecular formula is C22H17F6NO3. The number of benzene rings is 2. The summed E-state index contributed by atoms with van der Waals surface area (Å²) in [6.07, 6.45) is -1.48. The predicted octanol–water partition coefficient (Wildman–Crippen LogP) is 5.90. The van der Waals surface area contributed by atoms with Gasteiger partial charge in [-0.3, -0.25) is 4.79 Å². The Morgan fingerprint density at radius 3 is 2.00 bits per heavy atom. The van der Waals surface area contributed by atoms with Gasteiger partial charge in [0.05, 0.1) is 0 Å². The van der Waals surface area contributed by atoms with Gasteiger partial charge in [0.15, 0.2) is 23.5 Å². The molecule has 0 aliphatic heterocycles. The summed E-state index contributed by atoms with van der Waals surface area (Å²) in [6, 6.07) is 7.21. The monoisotopic (exact) mass is 457 g/mol. The second-order valence-corrected chi connectivity index (χ2v) is 6.91. The van der Waals surface area contributed by atoms with Gasteiger partial charge in [0, 0.05) is 28.7 Å². The molecule has 0 saturated carbocycles. The summed E-state index contributed by atoms with van der Waals surface area (Å²) >= 11 is 0.